The smallest absolute Gasteiger partial charge is 0.412 e. The Morgan fingerprint density at radius 2 is 1.82 bits per heavy atom. The number of anilines is 1. The Labute approximate surface area is 176 Å². The van der Waals surface area contributed by atoms with Gasteiger partial charge in [-0.15, -0.1) is 12.4 Å². The molecule has 2 rings (SSSR count). The lowest BCUT2D eigenvalue weighted by atomic mass is 10.1. The van der Waals surface area contributed by atoms with E-state index in [1.54, 1.807) is 0 Å². The number of amides is 1. The van der Waals surface area contributed by atoms with E-state index in [2.05, 4.69) is 17.1 Å². The van der Waals surface area contributed by atoms with E-state index in [1.807, 2.05) is 31.2 Å². The van der Waals surface area contributed by atoms with Crippen molar-refractivity contribution in [2.75, 3.05) is 31.6 Å². The average Bonchev–Trinajstić information content (AvgIpc) is 2.66. The summed E-state index contributed by atoms with van der Waals surface area (Å²) in [5, 5.41) is 2.84. The Kier molecular flexibility index (Phi) is 12.8. The molecule has 0 spiro atoms. The van der Waals surface area contributed by atoms with Gasteiger partial charge in [0.05, 0.1) is 12.3 Å². The second-order valence-electron chi connectivity index (χ2n) is 7.46. The van der Waals surface area contributed by atoms with Crippen LogP contribution >= 0.6 is 12.4 Å². The van der Waals surface area contributed by atoms with E-state index in [-0.39, 0.29) is 18.5 Å². The van der Waals surface area contributed by atoms with E-state index in [0.717, 1.165) is 26.1 Å². The molecule has 0 saturated carbocycles. The molecule has 1 aromatic rings. The Morgan fingerprint density at radius 1 is 1.11 bits per heavy atom. The molecule has 0 aliphatic carbocycles. The van der Waals surface area contributed by atoms with E-state index in [4.69, 9.17) is 9.47 Å². The van der Waals surface area contributed by atoms with E-state index in [0.29, 0.717) is 18.0 Å². The first-order chi connectivity index (χ1) is 13.2. The van der Waals surface area contributed by atoms with Gasteiger partial charge in [0, 0.05) is 6.54 Å². The maximum Gasteiger partial charge on any atom is 0.412 e. The molecule has 1 aliphatic heterocycles. The zero-order valence-corrected chi connectivity index (χ0v) is 18.3. The molecule has 1 amide bonds. The van der Waals surface area contributed by atoms with Crippen LogP contribution in [0.1, 0.15) is 65.2 Å². The molecule has 1 heterocycles. The summed E-state index contributed by atoms with van der Waals surface area (Å²) in [7, 11) is 0. The largest absolute Gasteiger partial charge is 0.491 e. The van der Waals surface area contributed by atoms with Crippen LogP contribution in [0.2, 0.25) is 0 Å². The number of para-hydroxylation sites is 2. The molecule has 5 nitrogen and oxygen atoms in total. The Morgan fingerprint density at radius 3 is 2.57 bits per heavy atom. The van der Waals surface area contributed by atoms with Gasteiger partial charge in [-0.25, -0.2) is 4.79 Å². The number of hydrogen-bond donors (Lipinski definition) is 1. The summed E-state index contributed by atoms with van der Waals surface area (Å²) < 4.78 is 11.4. The molecule has 160 valence electrons. The number of hydrogen-bond acceptors (Lipinski definition) is 4. The van der Waals surface area contributed by atoms with Crippen molar-refractivity contribution >= 4 is 24.2 Å². The number of rotatable bonds is 11. The fourth-order valence-electron chi connectivity index (χ4n) is 3.45. The van der Waals surface area contributed by atoms with Crippen molar-refractivity contribution in [1.82, 2.24) is 4.90 Å². The average molecular weight is 413 g/mol. The highest BCUT2D eigenvalue weighted by Crippen LogP contribution is 2.24. The normalized spacial score (nSPS) is 15.4. The van der Waals surface area contributed by atoms with E-state index < -0.39 is 6.09 Å². The fraction of sp³-hybridized carbons (Fsp3) is 0.682. The molecule has 0 aromatic heterocycles. The van der Waals surface area contributed by atoms with Crippen molar-refractivity contribution in [2.24, 2.45) is 0 Å². The summed E-state index contributed by atoms with van der Waals surface area (Å²) in [6, 6.07) is 7.55. The molecule has 1 fully saturated rings. The summed E-state index contributed by atoms with van der Waals surface area (Å²) in [5.74, 6) is 0.702. The van der Waals surface area contributed by atoms with Gasteiger partial charge in [-0.3, -0.25) is 10.2 Å². The van der Waals surface area contributed by atoms with Crippen molar-refractivity contribution in [3.05, 3.63) is 24.3 Å². The fourth-order valence-corrected chi connectivity index (χ4v) is 3.45. The first kappa shape index (κ1) is 24.6. The predicted molar refractivity (Wildman–Crippen MR) is 118 cm³/mol. The number of nitrogens with zero attached hydrogens (tertiary/aromatic N) is 1. The molecular formula is C22H37ClN2O3. The van der Waals surface area contributed by atoms with Gasteiger partial charge in [-0.1, -0.05) is 51.2 Å². The van der Waals surface area contributed by atoms with Gasteiger partial charge in [0.2, 0.25) is 0 Å². The quantitative estimate of drug-likeness (QED) is 0.461. The number of nitrogens with one attached hydrogen (secondary N) is 1. The first-order valence-corrected chi connectivity index (χ1v) is 10.6. The summed E-state index contributed by atoms with van der Waals surface area (Å²) in [5.41, 5.74) is 0.668. The molecule has 1 N–H and O–H groups in total. The van der Waals surface area contributed by atoms with Crippen LogP contribution in [0.4, 0.5) is 10.5 Å². The SMILES string of the molecule is CCCCCCCOc1ccccc1NC(=O)OC(C)CN1CCCCC1.Cl. The highest BCUT2D eigenvalue weighted by atomic mass is 35.5. The first-order valence-electron chi connectivity index (χ1n) is 10.6. The zero-order valence-electron chi connectivity index (χ0n) is 17.5. The Balaban J connectivity index is 0.00000392. The van der Waals surface area contributed by atoms with Crippen LogP contribution < -0.4 is 10.1 Å². The summed E-state index contributed by atoms with van der Waals surface area (Å²) in [6.45, 7) is 7.83. The highest BCUT2D eigenvalue weighted by molar-refractivity contribution is 5.86. The van der Waals surface area contributed by atoms with Gasteiger partial charge >= 0.3 is 6.09 Å². The van der Waals surface area contributed by atoms with Gasteiger partial charge in [-0.2, -0.15) is 0 Å². The third kappa shape index (κ3) is 9.65. The van der Waals surface area contributed by atoms with E-state index in [9.17, 15) is 4.79 Å². The number of carbonyl (C=O) groups excluding carboxylic acids is 1. The second-order valence-corrected chi connectivity index (χ2v) is 7.46. The number of likely N-dealkylation sites (tertiary alicyclic amines) is 1. The number of ether oxygens (including phenoxy) is 2. The lowest BCUT2D eigenvalue weighted by molar-refractivity contribution is 0.0832. The minimum absolute atomic E-state index is 0. The molecule has 1 aromatic carbocycles. The maximum atomic E-state index is 12.3. The minimum atomic E-state index is -0.418. The standard InChI is InChI=1S/C22H36N2O3.ClH/c1-3-4-5-6-12-17-26-21-14-9-8-13-20(21)23-22(25)27-19(2)18-24-15-10-7-11-16-24;/h8-9,13-14,19H,3-7,10-12,15-18H2,1-2H3,(H,23,25);1H. The second kappa shape index (κ2) is 14.5. The Hall–Kier alpha value is -1.46. The topological polar surface area (TPSA) is 50.8 Å². The van der Waals surface area contributed by atoms with Crippen molar-refractivity contribution in [1.29, 1.82) is 0 Å². The van der Waals surface area contributed by atoms with E-state index in [1.165, 1.54) is 44.9 Å². The van der Waals surface area contributed by atoms with Gasteiger partial charge < -0.3 is 9.47 Å². The number of unbranched alkanes of at least 4 members (excludes halogenated alkanes) is 4. The van der Waals surface area contributed by atoms with E-state index >= 15 is 0 Å². The maximum absolute atomic E-state index is 12.3. The molecule has 1 aliphatic rings. The monoisotopic (exact) mass is 412 g/mol. The lowest BCUT2D eigenvalue weighted by Crippen LogP contribution is -2.37. The predicted octanol–water partition coefficient (Wildman–Crippen LogP) is 5.88. The number of halogens is 1. The summed E-state index contributed by atoms with van der Waals surface area (Å²) in [6.07, 6.45) is 9.22. The van der Waals surface area contributed by atoms with Gasteiger partial charge in [0.25, 0.3) is 0 Å². The molecule has 1 saturated heterocycles. The molecule has 1 atom stereocenters. The molecular weight excluding hydrogens is 376 g/mol. The van der Waals surface area contributed by atoms with Gasteiger partial charge in [-0.05, 0) is 51.4 Å². The van der Waals surface area contributed by atoms with Crippen molar-refractivity contribution in [2.45, 2.75) is 71.3 Å². The number of carbonyl (C=O) groups is 1. The third-order valence-electron chi connectivity index (χ3n) is 4.90. The van der Waals surface area contributed by atoms with Crippen molar-refractivity contribution in [3.8, 4) is 5.75 Å². The van der Waals surface area contributed by atoms with Crippen LogP contribution in [0, 0.1) is 0 Å². The van der Waals surface area contributed by atoms with Crippen LogP contribution in [-0.4, -0.2) is 43.3 Å². The summed E-state index contributed by atoms with van der Waals surface area (Å²) in [4.78, 5) is 14.6. The lowest BCUT2D eigenvalue weighted by Gasteiger charge is -2.28. The minimum Gasteiger partial charge on any atom is -0.491 e. The number of piperidine rings is 1. The molecule has 1 unspecified atom stereocenters. The third-order valence-corrected chi connectivity index (χ3v) is 4.90. The van der Waals surface area contributed by atoms with Crippen LogP contribution in [0.15, 0.2) is 24.3 Å². The Bertz CT molecular complexity index is 550. The van der Waals surface area contributed by atoms with Crippen LogP contribution in [0.3, 0.4) is 0 Å². The van der Waals surface area contributed by atoms with Crippen LogP contribution in [0.25, 0.3) is 0 Å². The zero-order chi connectivity index (χ0) is 19.3. The molecule has 0 radical (unpaired) electrons. The van der Waals surface area contributed by atoms with Crippen molar-refractivity contribution in [3.63, 3.8) is 0 Å². The van der Waals surface area contributed by atoms with Crippen LogP contribution in [-0.2, 0) is 4.74 Å². The van der Waals surface area contributed by atoms with Crippen LogP contribution in [0.5, 0.6) is 5.75 Å². The summed E-state index contributed by atoms with van der Waals surface area (Å²) >= 11 is 0. The molecule has 6 heteroatoms. The number of benzene rings is 1. The van der Waals surface area contributed by atoms with Crippen molar-refractivity contribution < 1.29 is 14.3 Å². The van der Waals surface area contributed by atoms with Gasteiger partial charge in [0.15, 0.2) is 0 Å². The molecule has 0 bridgehead atoms. The van der Waals surface area contributed by atoms with Gasteiger partial charge in [0.1, 0.15) is 11.9 Å². The molecule has 28 heavy (non-hydrogen) atoms. The highest BCUT2D eigenvalue weighted by Gasteiger charge is 2.17.